The van der Waals surface area contributed by atoms with Crippen molar-refractivity contribution in [3.8, 4) is 0 Å². The van der Waals surface area contributed by atoms with E-state index in [-0.39, 0.29) is 5.91 Å². The molecule has 1 saturated heterocycles. The Labute approximate surface area is 103 Å². The molecule has 2 nitrogen and oxygen atoms in total. The molecule has 0 bridgehead atoms. The van der Waals surface area contributed by atoms with Gasteiger partial charge in [0.1, 0.15) is 0 Å². The standard InChI is InChI=1S/C13H14F3NO/c1-9-6-7-17(8-9)12(18)10-2-4-11(5-3-10)13(14,15)16/h2-5,9H,6-8H2,1H3. The summed E-state index contributed by atoms with van der Waals surface area (Å²) >= 11 is 0. The fourth-order valence-electron chi connectivity index (χ4n) is 2.10. The van der Waals surface area contributed by atoms with E-state index in [4.69, 9.17) is 0 Å². The first-order valence-corrected chi connectivity index (χ1v) is 5.84. The molecular weight excluding hydrogens is 243 g/mol. The summed E-state index contributed by atoms with van der Waals surface area (Å²) in [5.41, 5.74) is -0.411. The number of hydrogen-bond donors (Lipinski definition) is 0. The van der Waals surface area contributed by atoms with Crippen LogP contribution in [0, 0.1) is 5.92 Å². The molecule has 1 aromatic carbocycles. The van der Waals surface area contributed by atoms with Crippen LogP contribution < -0.4 is 0 Å². The minimum Gasteiger partial charge on any atom is -0.338 e. The molecule has 98 valence electrons. The first-order chi connectivity index (χ1) is 8.38. The molecule has 0 radical (unpaired) electrons. The van der Waals surface area contributed by atoms with Gasteiger partial charge < -0.3 is 4.90 Å². The van der Waals surface area contributed by atoms with Gasteiger partial charge in [-0.3, -0.25) is 4.79 Å². The molecule has 1 heterocycles. The maximum Gasteiger partial charge on any atom is 0.416 e. The molecule has 1 amide bonds. The van der Waals surface area contributed by atoms with Crippen LogP contribution in [-0.2, 0) is 6.18 Å². The first kappa shape index (κ1) is 12.9. The molecular formula is C13H14F3NO. The summed E-state index contributed by atoms with van der Waals surface area (Å²) < 4.78 is 37.1. The largest absolute Gasteiger partial charge is 0.416 e. The van der Waals surface area contributed by atoms with Crippen molar-refractivity contribution >= 4 is 5.91 Å². The number of halogens is 3. The van der Waals surface area contributed by atoms with Crippen molar-refractivity contribution in [1.29, 1.82) is 0 Å². The molecule has 2 rings (SSSR count). The van der Waals surface area contributed by atoms with Gasteiger partial charge in [-0.15, -0.1) is 0 Å². The lowest BCUT2D eigenvalue weighted by Gasteiger charge is -2.16. The highest BCUT2D eigenvalue weighted by Gasteiger charge is 2.31. The normalized spacial score (nSPS) is 20.2. The van der Waals surface area contributed by atoms with Crippen LogP contribution in [0.4, 0.5) is 13.2 Å². The molecule has 1 atom stereocenters. The average molecular weight is 257 g/mol. The Bertz CT molecular complexity index is 439. The average Bonchev–Trinajstić information content (AvgIpc) is 2.74. The monoisotopic (exact) mass is 257 g/mol. The van der Waals surface area contributed by atoms with Crippen molar-refractivity contribution in [3.05, 3.63) is 35.4 Å². The van der Waals surface area contributed by atoms with Crippen molar-refractivity contribution < 1.29 is 18.0 Å². The summed E-state index contributed by atoms with van der Waals surface area (Å²) in [4.78, 5) is 13.7. The molecule has 5 heteroatoms. The SMILES string of the molecule is CC1CCN(C(=O)c2ccc(C(F)(F)F)cc2)C1. The fraction of sp³-hybridized carbons (Fsp3) is 0.462. The predicted octanol–water partition coefficient (Wildman–Crippen LogP) is 3.19. The number of likely N-dealkylation sites (tertiary alicyclic amines) is 1. The van der Waals surface area contributed by atoms with E-state index < -0.39 is 11.7 Å². The molecule has 0 aromatic heterocycles. The lowest BCUT2D eigenvalue weighted by atomic mass is 10.1. The Balaban J connectivity index is 2.12. The fourth-order valence-corrected chi connectivity index (χ4v) is 2.10. The summed E-state index contributed by atoms with van der Waals surface area (Å²) in [6.07, 6.45) is -3.41. The van der Waals surface area contributed by atoms with Gasteiger partial charge in [-0.25, -0.2) is 0 Å². The van der Waals surface area contributed by atoms with Crippen LogP contribution in [0.3, 0.4) is 0 Å². The summed E-state index contributed by atoms with van der Waals surface area (Å²) in [6, 6.07) is 4.39. The van der Waals surface area contributed by atoms with Gasteiger partial charge in [0.2, 0.25) is 0 Å². The summed E-state index contributed by atoms with van der Waals surface area (Å²) in [6.45, 7) is 3.42. The van der Waals surface area contributed by atoms with Crippen molar-refractivity contribution in [3.63, 3.8) is 0 Å². The third-order valence-corrected chi connectivity index (χ3v) is 3.17. The Hall–Kier alpha value is -1.52. The molecule has 1 aliphatic heterocycles. The molecule has 0 N–H and O–H groups in total. The quantitative estimate of drug-likeness (QED) is 0.756. The van der Waals surface area contributed by atoms with Crippen LogP contribution in [0.2, 0.25) is 0 Å². The van der Waals surface area contributed by atoms with Crippen molar-refractivity contribution in [2.45, 2.75) is 19.5 Å². The second-order valence-corrected chi connectivity index (χ2v) is 4.72. The van der Waals surface area contributed by atoms with Crippen molar-refractivity contribution in [2.24, 2.45) is 5.92 Å². The zero-order valence-electron chi connectivity index (χ0n) is 10.00. The smallest absolute Gasteiger partial charge is 0.338 e. The van der Waals surface area contributed by atoms with Gasteiger partial charge in [0.15, 0.2) is 0 Å². The number of alkyl halides is 3. The lowest BCUT2D eigenvalue weighted by Crippen LogP contribution is -2.28. The van der Waals surface area contributed by atoms with Gasteiger partial charge in [0.25, 0.3) is 5.91 Å². The van der Waals surface area contributed by atoms with Gasteiger partial charge in [0.05, 0.1) is 5.56 Å². The van der Waals surface area contributed by atoms with E-state index in [1.54, 1.807) is 4.90 Å². The number of amides is 1. The van der Waals surface area contributed by atoms with E-state index in [1.807, 2.05) is 0 Å². The van der Waals surface area contributed by atoms with Crippen LogP contribution in [0.15, 0.2) is 24.3 Å². The summed E-state index contributed by atoms with van der Waals surface area (Å²) in [5, 5.41) is 0. The molecule has 0 spiro atoms. The Kier molecular flexibility index (Phi) is 3.32. The second kappa shape index (κ2) is 4.63. The van der Waals surface area contributed by atoms with Crippen LogP contribution >= 0.6 is 0 Å². The number of rotatable bonds is 1. The number of carbonyl (C=O) groups excluding carboxylic acids is 1. The number of carbonyl (C=O) groups is 1. The van der Waals surface area contributed by atoms with Gasteiger partial charge in [-0.05, 0) is 36.6 Å². The van der Waals surface area contributed by atoms with Crippen molar-refractivity contribution in [1.82, 2.24) is 4.90 Å². The molecule has 0 saturated carbocycles. The lowest BCUT2D eigenvalue weighted by molar-refractivity contribution is -0.137. The number of benzene rings is 1. The Morgan fingerprint density at radius 2 is 1.89 bits per heavy atom. The van der Waals surface area contributed by atoms with Crippen LogP contribution in [0.25, 0.3) is 0 Å². The highest BCUT2D eigenvalue weighted by Crippen LogP contribution is 2.29. The van der Waals surface area contributed by atoms with E-state index in [0.29, 0.717) is 24.6 Å². The summed E-state index contributed by atoms with van der Waals surface area (Å²) in [7, 11) is 0. The topological polar surface area (TPSA) is 20.3 Å². The third-order valence-electron chi connectivity index (χ3n) is 3.17. The van der Waals surface area contributed by atoms with E-state index in [9.17, 15) is 18.0 Å². The molecule has 1 aromatic rings. The van der Waals surface area contributed by atoms with E-state index in [1.165, 1.54) is 12.1 Å². The highest BCUT2D eigenvalue weighted by atomic mass is 19.4. The Morgan fingerprint density at radius 1 is 1.28 bits per heavy atom. The number of hydrogen-bond acceptors (Lipinski definition) is 1. The summed E-state index contributed by atoms with van der Waals surface area (Å²) in [5.74, 6) is 0.275. The second-order valence-electron chi connectivity index (χ2n) is 4.72. The maximum absolute atomic E-state index is 12.4. The zero-order chi connectivity index (χ0) is 13.3. The number of nitrogens with zero attached hydrogens (tertiary/aromatic N) is 1. The van der Waals surface area contributed by atoms with Crippen molar-refractivity contribution in [2.75, 3.05) is 13.1 Å². The Morgan fingerprint density at radius 3 is 2.33 bits per heavy atom. The van der Waals surface area contributed by atoms with Crippen LogP contribution in [0.5, 0.6) is 0 Å². The van der Waals surface area contributed by atoms with Gasteiger partial charge in [0, 0.05) is 18.7 Å². The molecule has 1 aliphatic rings. The molecule has 1 fully saturated rings. The van der Waals surface area contributed by atoms with Gasteiger partial charge in [-0.1, -0.05) is 6.92 Å². The van der Waals surface area contributed by atoms with E-state index in [2.05, 4.69) is 6.92 Å². The highest BCUT2D eigenvalue weighted by molar-refractivity contribution is 5.94. The molecule has 0 aliphatic carbocycles. The van der Waals surface area contributed by atoms with Gasteiger partial charge >= 0.3 is 6.18 Å². The van der Waals surface area contributed by atoms with Crippen LogP contribution in [0.1, 0.15) is 29.3 Å². The van der Waals surface area contributed by atoms with Crippen LogP contribution in [-0.4, -0.2) is 23.9 Å². The predicted molar refractivity (Wildman–Crippen MR) is 61.1 cm³/mol. The van der Waals surface area contributed by atoms with E-state index >= 15 is 0 Å². The van der Waals surface area contributed by atoms with E-state index in [0.717, 1.165) is 18.6 Å². The maximum atomic E-state index is 12.4. The minimum absolute atomic E-state index is 0.187. The third kappa shape index (κ3) is 2.66. The zero-order valence-corrected chi connectivity index (χ0v) is 10.00. The first-order valence-electron chi connectivity index (χ1n) is 5.84. The minimum atomic E-state index is -4.36. The van der Waals surface area contributed by atoms with Gasteiger partial charge in [-0.2, -0.15) is 13.2 Å². The molecule has 1 unspecified atom stereocenters. The molecule has 18 heavy (non-hydrogen) atoms.